The molecule has 1 amide bonds. The van der Waals surface area contributed by atoms with E-state index in [1.807, 2.05) is 59.5 Å². The number of hydrogen-bond donors (Lipinski definition) is 3. The molecule has 1 aliphatic rings. The number of carbonyl (C=O) groups is 1. The first-order valence-electron chi connectivity index (χ1n) is 13.3. The number of likely N-dealkylation sites (tertiary alicyclic amines) is 1. The fraction of sp³-hybridized carbons (Fsp3) is 0.219. The molecule has 0 saturated carbocycles. The maximum atomic E-state index is 14.7. The maximum absolute atomic E-state index is 14.7. The minimum absolute atomic E-state index is 0. The fourth-order valence-corrected chi connectivity index (χ4v) is 5.01. The molecule has 0 unspecified atom stereocenters. The number of carbonyl (C=O) groups excluding carboxylic acids is 1. The third-order valence-electron chi connectivity index (χ3n) is 7.27. The van der Waals surface area contributed by atoms with Crippen molar-refractivity contribution >= 4 is 58.9 Å². The van der Waals surface area contributed by atoms with Crippen LogP contribution in [0.2, 0.25) is 0 Å². The summed E-state index contributed by atoms with van der Waals surface area (Å²) in [5.41, 5.74) is 7.77. The zero-order valence-electron chi connectivity index (χ0n) is 23.2. The van der Waals surface area contributed by atoms with Crippen molar-refractivity contribution in [2.45, 2.75) is 32.4 Å². The van der Waals surface area contributed by atoms with Crippen molar-refractivity contribution in [3.05, 3.63) is 107 Å². The van der Waals surface area contributed by atoms with Gasteiger partial charge in [-0.15, -0.1) is 24.8 Å². The highest BCUT2D eigenvalue weighted by molar-refractivity contribution is 6.06. The van der Waals surface area contributed by atoms with E-state index in [0.717, 1.165) is 42.3 Å². The van der Waals surface area contributed by atoms with E-state index in [0.29, 0.717) is 22.8 Å². The molecule has 1 saturated heterocycles. The molecule has 1 heterocycles. The number of benzene rings is 4. The Morgan fingerprint density at radius 3 is 2.26 bits per heavy atom. The molecule has 0 atom stereocenters. The first kappa shape index (κ1) is 32.4. The van der Waals surface area contributed by atoms with Gasteiger partial charge in [0.15, 0.2) is 0 Å². The van der Waals surface area contributed by atoms with Gasteiger partial charge in [0.1, 0.15) is 23.5 Å². The van der Waals surface area contributed by atoms with Crippen LogP contribution in [0.25, 0.3) is 10.8 Å². The average Bonchev–Trinajstić information content (AvgIpc) is 2.96. The van der Waals surface area contributed by atoms with Crippen LogP contribution in [0.3, 0.4) is 0 Å². The Morgan fingerprint density at radius 1 is 0.952 bits per heavy atom. The van der Waals surface area contributed by atoms with Crippen molar-refractivity contribution in [2.24, 2.45) is 5.73 Å². The van der Waals surface area contributed by atoms with Gasteiger partial charge in [0, 0.05) is 37.2 Å². The molecule has 0 aliphatic carbocycles. The van der Waals surface area contributed by atoms with E-state index in [9.17, 15) is 9.18 Å². The number of amides is 1. The number of anilines is 1. The van der Waals surface area contributed by atoms with E-state index in [1.165, 1.54) is 12.1 Å². The van der Waals surface area contributed by atoms with Crippen molar-refractivity contribution in [3.63, 3.8) is 0 Å². The molecule has 220 valence electrons. The molecule has 0 bridgehead atoms. The summed E-state index contributed by atoms with van der Waals surface area (Å²) in [6, 6.07) is 24.7. The zero-order chi connectivity index (χ0) is 28.2. The molecule has 7 nitrogen and oxygen atoms in total. The van der Waals surface area contributed by atoms with Crippen LogP contribution in [0.5, 0.6) is 5.75 Å². The lowest BCUT2D eigenvalue weighted by molar-refractivity contribution is 0.0981. The number of ether oxygens (including phenoxy) is 1. The van der Waals surface area contributed by atoms with Crippen molar-refractivity contribution < 1.29 is 13.9 Å². The average molecular weight is 611 g/mol. The molecular weight excluding hydrogens is 576 g/mol. The van der Waals surface area contributed by atoms with Gasteiger partial charge in [-0.25, -0.2) is 4.39 Å². The van der Waals surface area contributed by atoms with E-state index in [2.05, 4.69) is 0 Å². The summed E-state index contributed by atoms with van der Waals surface area (Å²) in [5, 5.41) is 17.5. The lowest BCUT2D eigenvalue weighted by atomic mass is 10.0. The van der Waals surface area contributed by atoms with Gasteiger partial charge in [-0.1, -0.05) is 36.4 Å². The number of nitrogens with zero attached hydrogens (tertiary/aromatic N) is 2. The van der Waals surface area contributed by atoms with Gasteiger partial charge in [0.25, 0.3) is 5.91 Å². The molecule has 42 heavy (non-hydrogen) atoms. The summed E-state index contributed by atoms with van der Waals surface area (Å²) in [6.07, 6.45) is 1.74. The Kier molecular flexibility index (Phi) is 10.9. The second-order valence-corrected chi connectivity index (χ2v) is 10.1. The highest BCUT2D eigenvalue weighted by atomic mass is 35.5. The van der Waals surface area contributed by atoms with Crippen LogP contribution in [-0.2, 0) is 6.54 Å². The third-order valence-corrected chi connectivity index (χ3v) is 7.27. The molecule has 0 spiro atoms. The number of rotatable bonds is 7. The number of nitrogens with one attached hydrogen (secondary N) is 2. The topological polar surface area (TPSA) is 106 Å². The molecule has 0 radical (unpaired) electrons. The van der Waals surface area contributed by atoms with Crippen molar-refractivity contribution in [1.29, 1.82) is 10.8 Å². The van der Waals surface area contributed by atoms with Crippen LogP contribution in [0.1, 0.15) is 41.3 Å². The van der Waals surface area contributed by atoms with Crippen LogP contribution in [-0.4, -0.2) is 41.7 Å². The zero-order valence-corrected chi connectivity index (χ0v) is 24.8. The number of nitrogens with two attached hydrogens (primary N) is 1. The van der Waals surface area contributed by atoms with Gasteiger partial charge < -0.3 is 20.3 Å². The second kappa shape index (κ2) is 14.2. The largest absolute Gasteiger partial charge is 0.490 e. The first-order chi connectivity index (χ1) is 19.3. The number of hydrogen-bond acceptors (Lipinski definition) is 4. The Bertz CT molecular complexity index is 1570. The molecular formula is C32H34Cl2FN5O2. The van der Waals surface area contributed by atoms with Crippen LogP contribution in [0.15, 0.2) is 84.9 Å². The quantitative estimate of drug-likeness (QED) is 0.158. The van der Waals surface area contributed by atoms with Crippen LogP contribution in [0.4, 0.5) is 10.1 Å². The monoisotopic (exact) mass is 609 g/mol. The lowest BCUT2D eigenvalue weighted by Crippen LogP contribution is -2.40. The summed E-state index contributed by atoms with van der Waals surface area (Å²) in [5.74, 6) is 0.247. The highest BCUT2D eigenvalue weighted by Crippen LogP contribution is 2.27. The third kappa shape index (κ3) is 7.38. The predicted molar refractivity (Wildman–Crippen MR) is 171 cm³/mol. The number of piperidine rings is 1. The van der Waals surface area contributed by atoms with Crippen LogP contribution >= 0.6 is 24.8 Å². The lowest BCUT2D eigenvalue weighted by Gasteiger charge is -2.33. The number of nitrogen functional groups attached to an aromatic ring is 1. The maximum Gasteiger partial charge on any atom is 0.261 e. The van der Waals surface area contributed by atoms with E-state index in [-0.39, 0.29) is 48.9 Å². The first-order valence-corrected chi connectivity index (χ1v) is 13.3. The van der Waals surface area contributed by atoms with Crippen LogP contribution in [0, 0.1) is 16.6 Å². The SMILES string of the molecule is CC(=N)N1CCC(Oc2ccc(N(Cc3ccc4ccc(C(=N)N)cc4c3)C(=O)c3ccccc3F)cc2)CC1.Cl.Cl. The normalized spacial score (nSPS) is 13.0. The molecule has 10 heteroatoms. The van der Waals surface area contributed by atoms with Crippen molar-refractivity contribution in [2.75, 3.05) is 18.0 Å². The van der Waals surface area contributed by atoms with Gasteiger partial charge in [-0.2, -0.15) is 0 Å². The predicted octanol–water partition coefficient (Wildman–Crippen LogP) is 6.79. The van der Waals surface area contributed by atoms with Gasteiger partial charge in [-0.3, -0.25) is 15.6 Å². The molecule has 4 aromatic carbocycles. The number of fused-ring (bicyclic) bond motifs is 1. The smallest absolute Gasteiger partial charge is 0.261 e. The van der Waals surface area contributed by atoms with Crippen molar-refractivity contribution in [3.8, 4) is 5.75 Å². The molecule has 1 fully saturated rings. The van der Waals surface area contributed by atoms with E-state index in [4.69, 9.17) is 21.3 Å². The molecule has 5 rings (SSSR count). The Balaban J connectivity index is 0.00000242. The number of amidine groups is 2. The molecule has 1 aliphatic heterocycles. The summed E-state index contributed by atoms with van der Waals surface area (Å²) in [4.78, 5) is 17.3. The Hall–Kier alpha value is -4.14. The molecule has 4 aromatic rings. The standard InChI is InChI=1S/C32H32FN5O2.2ClH/c1-21(34)37-16-14-28(15-17-37)40-27-12-10-26(11-13-27)38(32(39)29-4-2-3-5-30(29)33)20-22-6-7-23-8-9-24(31(35)36)19-25(23)18-22;;/h2-13,18-19,28,34H,14-17,20H2,1H3,(H3,35,36);2*1H. The summed E-state index contributed by atoms with van der Waals surface area (Å²) in [6.45, 7) is 3.61. The van der Waals surface area contributed by atoms with E-state index >= 15 is 0 Å². The van der Waals surface area contributed by atoms with Crippen LogP contribution < -0.4 is 15.4 Å². The van der Waals surface area contributed by atoms with Crippen molar-refractivity contribution in [1.82, 2.24) is 4.90 Å². The number of halogens is 3. The van der Waals surface area contributed by atoms with Gasteiger partial charge in [0.2, 0.25) is 0 Å². The van der Waals surface area contributed by atoms with Gasteiger partial charge in [0.05, 0.1) is 17.9 Å². The minimum Gasteiger partial charge on any atom is -0.490 e. The Morgan fingerprint density at radius 2 is 1.62 bits per heavy atom. The summed E-state index contributed by atoms with van der Waals surface area (Å²) >= 11 is 0. The fourth-order valence-electron chi connectivity index (χ4n) is 5.01. The van der Waals surface area contributed by atoms with E-state index < -0.39 is 11.7 Å². The highest BCUT2D eigenvalue weighted by Gasteiger charge is 2.23. The second-order valence-electron chi connectivity index (χ2n) is 10.1. The molecule has 4 N–H and O–H groups in total. The Labute approximate surface area is 257 Å². The van der Waals surface area contributed by atoms with Gasteiger partial charge in [-0.05, 0) is 71.8 Å². The van der Waals surface area contributed by atoms with Gasteiger partial charge >= 0.3 is 0 Å². The summed E-state index contributed by atoms with van der Waals surface area (Å²) in [7, 11) is 0. The summed E-state index contributed by atoms with van der Waals surface area (Å²) < 4.78 is 20.9. The molecule has 0 aromatic heterocycles. The minimum atomic E-state index is -0.575. The van der Waals surface area contributed by atoms with E-state index in [1.54, 1.807) is 30.0 Å².